The third-order valence-electron chi connectivity index (χ3n) is 3.56. The molecule has 0 amide bonds. The molecule has 1 aliphatic rings. The number of likely N-dealkylation sites (N-methyl/N-ethyl adjacent to an activating group) is 1. The van der Waals surface area contributed by atoms with Crippen LogP contribution >= 0.6 is 0 Å². The zero-order chi connectivity index (χ0) is 12.7. The van der Waals surface area contributed by atoms with Gasteiger partial charge < -0.3 is 9.84 Å². The highest BCUT2D eigenvalue weighted by molar-refractivity contribution is 4.83. The van der Waals surface area contributed by atoms with Crippen molar-refractivity contribution in [1.82, 2.24) is 9.80 Å². The van der Waals surface area contributed by atoms with Crippen molar-refractivity contribution in [1.29, 1.82) is 0 Å². The first-order valence-corrected chi connectivity index (χ1v) is 6.93. The van der Waals surface area contributed by atoms with Gasteiger partial charge >= 0.3 is 0 Å². The zero-order valence-electron chi connectivity index (χ0n) is 11.6. The predicted octanol–water partition coefficient (Wildman–Crippen LogP) is 0.800. The van der Waals surface area contributed by atoms with Crippen LogP contribution in [-0.4, -0.2) is 73.0 Å². The SMILES string of the molecule is CCOCC(O)CN1CCC(N(CC)CC)C1. The van der Waals surface area contributed by atoms with Crippen LogP contribution < -0.4 is 0 Å². The van der Waals surface area contributed by atoms with Crippen LogP contribution in [0.25, 0.3) is 0 Å². The quantitative estimate of drug-likeness (QED) is 0.685. The molecule has 0 bridgehead atoms. The van der Waals surface area contributed by atoms with E-state index in [0.29, 0.717) is 19.3 Å². The van der Waals surface area contributed by atoms with Gasteiger partial charge in [-0.3, -0.25) is 9.80 Å². The van der Waals surface area contributed by atoms with E-state index in [-0.39, 0.29) is 6.10 Å². The van der Waals surface area contributed by atoms with Gasteiger partial charge in [-0.2, -0.15) is 0 Å². The summed E-state index contributed by atoms with van der Waals surface area (Å²) in [5.74, 6) is 0. The number of hydrogen-bond donors (Lipinski definition) is 1. The van der Waals surface area contributed by atoms with E-state index in [1.807, 2.05) is 6.92 Å². The first-order chi connectivity index (χ1) is 8.21. The number of nitrogens with zero attached hydrogens (tertiary/aromatic N) is 2. The molecule has 4 heteroatoms. The van der Waals surface area contributed by atoms with E-state index in [9.17, 15) is 5.11 Å². The minimum Gasteiger partial charge on any atom is -0.389 e. The van der Waals surface area contributed by atoms with Crippen molar-refractivity contribution in [2.45, 2.75) is 39.3 Å². The Morgan fingerprint density at radius 3 is 2.65 bits per heavy atom. The van der Waals surface area contributed by atoms with Crippen LogP contribution in [-0.2, 0) is 4.74 Å². The Kier molecular flexibility index (Phi) is 7.04. The minimum atomic E-state index is -0.342. The Morgan fingerprint density at radius 1 is 1.35 bits per heavy atom. The van der Waals surface area contributed by atoms with Gasteiger partial charge in [0.05, 0.1) is 12.7 Å². The maximum absolute atomic E-state index is 9.80. The predicted molar refractivity (Wildman–Crippen MR) is 70.3 cm³/mol. The smallest absolute Gasteiger partial charge is 0.0900 e. The zero-order valence-corrected chi connectivity index (χ0v) is 11.6. The van der Waals surface area contributed by atoms with E-state index in [0.717, 1.165) is 32.7 Å². The van der Waals surface area contributed by atoms with Crippen molar-refractivity contribution in [2.24, 2.45) is 0 Å². The molecule has 2 atom stereocenters. The van der Waals surface area contributed by atoms with Crippen molar-refractivity contribution < 1.29 is 9.84 Å². The summed E-state index contributed by atoms with van der Waals surface area (Å²) in [5, 5.41) is 9.80. The number of likely N-dealkylation sites (tertiary alicyclic amines) is 1. The van der Waals surface area contributed by atoms with E-state index in [2.05, 4.69) is 23.6 Å². The molecule has 17 heavy (non-hydrogen) atoms. The lowest BCUT2D eigenvalue weighted by atomic mass is 10.2. The van der Waals surface area contributed by atoms with Gasteiger partial charge in [0, 0.05) is 25.7 Å². The van der Waals surface area contributed by atoms with Crippen LogP contribution in [0.15, 0.2) is 0 Å². The summed E-state index contributed by atoms with van der Waals surface area (Å²) in [7, 11) is 0. The van der Waals surface area contributed by atoms with E-state index >= 15 is 0 Å². The Morgan fingerprint density at radius 2 is 2.06 bits per heavy atom. The van der Waals surface area contributed by atoms with Crippen molar-refractivity contribution >= 4 is 0 Å². The second kappa shape index (κ2) is 8.03. The molecule has 1 heterocycles. The van der Waals surface area contributed by atoms with Crippen LogP contribution in [0.2, 0.25) is 0 Å². The molecule has 2 unspecified atom stereocenters. The van der Waals surface area contributed by atoms with Crippen molar-refractivity contribution in [3.05, 3.63) is 0 Å². The molecule has 1 saturated heterocycles. The number of rotatable bonds is 8. The molecule has 1 N–H and O–H groups in total. The Hall–Kier alpha value is -0.160. The molecule has 102 valence electrons. The van der Waals surface area contributed by atoms with E-state index in [4.69, 9.17) is 4.74 Å². The highest BCUT2D eigenvalue weighted by Gasteiger charge is 2.27. The fourth-order valence-corrected chi connectivity index (χ4v) is 2.62. The van der Waals surface area contributed by atoms with Crippen LogP contribution in [0.3, 0.4) is 0 Å². The molecule has 1 fully saturated rings. The Labute approximate surface area is 106 Å². The molecular weight excluding hydrogens is 216 g/mol. The number of ether oxygens (including phenoxy) is 1. The van der Waals surface area contributed by atoms with Crippen molar-refractivity contribution in [3.8, 4) is 0 Å². The van der Waals surface area contributed by atoms with Crippen LogP contribution in [0.1, 0.15) is 27.2 Å². The molecule has 0 radical (unpaired) electrons. The minimum absolute atomic E-state index is 0.342. The lowest BCUT2D eigenvalue weighted by Gasteiger charge is -2.26. The largest absolute Gasteiger partial charge is 0.389 e. The number of hydrogen-bond acceptors (Lipinski definition) is 4. The van der Waals surface area contributed by atoms with E-state index < -0.39 is 0 Å². The molecular formula is C13H28N2O2. The maximum Gasteiger partial charge on any atom is 0.0900 e. The van der Waals surface area contributed by atoms with E-state index in [1.54, 1.807) is 0 Å². The fourth-order valence-electron chi connectivity index (χ4n) is 2.62. The summed E-state index contributed by atoms with van der Waals surface area (Å²) < 4.78 is 5.24. The standard InChI is InChI=1S/C13H28N2O2/c1-4-15(5-2)12-7-8-14(9-12)10-13(16)11-17-6-3/h12-13,16H,4-11H2,1-3H3. The van der Waals surface area contributed by atoms with Gasteiger partial charge in [-0.1, -0.05) is 13.8 Å². The van der Waals surface area contributed by atoms with Gasteiger partial charge in [0.25, 0.3) is 0 Å². The Bertz CT molecular complexity index is 198. The monoisotopic (exact) mass is 244 g/mol. The van der Waals surface area contributed by atoms with E-state index in [1.165, 1.54) is 6.42 Å². The molecule has 0 aliphatic carbocycles. The first kappa shape index (κ1) is 14.9. The average molecular weight is 244 g/mol. The summed E-state index contributed by atoms with van der Waals surface area (Å²) in [6, 6.07) is 0.671. The van der Waals surface area contributed by atoms with Gasteiger partial charge in [0.1, 0.15) is 0 Å². The summed E-state index contributed by atoms with van der Waals surface area (Å²) in [5.41, 5.74) is 0. The number of aliphatic hydroxyl groups excluding tert-OH is 1. The molecule has 0 aromatic heterocycles. The molecule has 0 aromatic rings. The van der Waals surface area contributed by atoms with Gasteiger partial charge in [-0.05, 0) is 33.0 Å². The summed E-state index contributed by atoms with van der Waals surface area (Å²) in [4.78, 5) is 4.86. The maximum atomic E-state index is 9.80. The van der Waals surface area contributed by atoms with Crippen LogP contribution in [0, 0.1) is 0 Å². The molecule has 0 spiro atoms. The normalized spacial score (nSPS) is 23.5. The summed E-state index contributed by atoms with van der Waals surface area (Å²) >= 11 is 0. The number of β-amino-alcohol motifs (C(OH)–C–C–N with tert-alkyl or cyclic N) is 1. The second-order valence-electron chi connectivity index (χ2n) is 4.74. The summed E-state index contributed by atoms with van der Waals surface area (Å²) in [6.07, 6.45) is 0.883. The van der Waals surface area contributed by atoms with Gasteiger partial charge in [-0.15, -0.1) is 0 Å². The Balaban J connectivity index is 2.25. The highest BCUT2D eigenvalue weighted by Crippen LogP contribution is 2.15. The van der Waals surface area contributed by atoms with Gasteiger partial charge in [0.2, 0.25) is 0 Å². The van der Waals surface area contributed by atoms with Gasteiger partial charge in [-0.25, -0.2) is 0 Å². The highest BCUT2D eigenvalue weighted by atomic mass is 16.5. The van der Waals surface area contributed by atoms with Crippen molar-refractivity contribution in [2.75, 3.05) is 45.9 Å². The number of aliphatic hydroxyl groups is 1. The average Bonchev–Trinajstić information content (AvgIpc) is 2.76. The van der Waals surface area contributed by atoms with Crippen molar-refractivity contribution in [3.63, 3.8) is 0 Å². The second-order valence-corrected chi connectivity index (χ2v) is 4.74. The van der Waals surface area contributed by atoms with Crippen LogP contribution in [0.5, 0.6) is 0 Å². The summed E-state index contributed by atoms with van der Waals surface area (Å²) in [6.45, 7) is 12.7. The lowest BCUT2D eigenvalue weighted by molar-refractivity contribution is 0.0240. The molecule has 0 aromatic carbocycles. The molecule has 4 nitrogen and oxygen atoms in total. The molecule has 1 rings (SSSR count). The van der Waals surface area contributed by atoms with Crippen LogP contribution in [0.4, 0.5) is 0 Å². The topological polar surface area (TPSA) is 35.9 Å². The van der Waals surface area contributed by atoms with Gasteiger partial charge in [0.15, 0.2) is 0 Å². The molecule has 1 aliphatic heterocycles. The molecule has 0 saturated carbocycles. The third-order valence-corrected chi connectivity index (χ3v) is 3.56. The fraction of sp³-hybridized carbons (Fsp3) is 1.00. The third kappa shape index (κ3) is 4.92. The first-order valence-electron chi connectivity index (χ1n) is 6.93. The lowest BCUT2D eigenvalue weighted by Crippen LogP contribution is -2.39.